The lowest BCUT2D eigenvalue weighted by molar-refractivity contribution is 0.108. The third kappa shape index (κ3) is 5.31. The van der Waals surface area contributed by atoms with Crippen molar-refractivity contribution in [2.45, 2.75) is 40.2 Å². The Morgan fingerprint density at radius 2 is 1.77 bits per heavy atom. The van der Waals surface area contributed by atoms with Gasteiger partial charge in [-0.25, -0.2) is 0 Å². The molecule has 0 aliphatic heterocycles. The SMILES string of the molecule is CSC(=O)c1cccc(-c2ccc(-c3cnccc3OC(C)C)cc2CC(C)C)c1. The summed E-state index contributed by atoms with van der Waals surface area (Å²) >= 11 is 1.24. The van der Waals surface area contributed by atoms with Crippen molar-refractivity contribution >= 4 is 16.9 Å². The van der Waals surface area contributed by atoms with E-state index in [1.807, 2.05) is 50.6 Å². The molecule has 30 heavy (non-hydrogen) atoms. The summed E-state index contributed by atoms with van der Waals surface area (Å²) in [6, 6.07) is 16.3. The minimum absolute atomic E-state index is 0.0877. The van der Waals surface area contributed by atoms with Crippen LogP contribution in [0.4, 0.5) is 0 Å². The van der Waals surface area contributed by atoms with E-state index < -0.39 is 0 Å². The van der Waals surface area contributed by atoms with Gasteiger partial charge in [-0.05, 0) is 66.8 Å². The predicted octanol–water partition coefficient (Wildman–Crippen LogP) is 6.90. The Kier molecular flexibility index (Phi) is 7.33. The molecule has 0 unspecified atom stereocenters. The average molecular weight is 420 g/mol. The highest BCUT2D eigenvalue weighted by Gasteiger charge is 2.14. The van der Waals surface area contributed by atoms with Crippen LogP contribution < -0.4 is 4.74 Å². The van der Waals surface area contributed by atoms with Gasteiger partial charge in [-0.15, -0.1) is 0 Å². The van der Waals surface area contributed by atoms with E-state index in [1.54, 1.807) is 6.20 Å². The molecule has 3 aromatic rings. The second-order valence-electron chi connectivity index (χ2n) is 8.08. The number of aromatic nitrogens is 1. The molecule has 0 fully saturated rings. The van der Waals surface area contributed by atoms with E-state index in [9.17, 15) is 4.79 Å². The summed E-state index contributed by atoms with van der Waals surface area (Å²) in [6.07, 6.45) is 6.49. The Bertz CT molecular complexity index is 1030. The molecular formula is C26H29NO2S. The van der Waals surface area contributed by atoms with E-state index >= 15 is 0 Å². The van der Waals surface area contributed by atoms with Gasteiger partial charge in [-0.1, -0.05) is 62.0 Å². The number of benzene rings is 2. The summed E-state index contributed by atoms with van der Waals surface area (Å²) in [6.45, 7) is 8.50. The Labute approximate surface area is 183 Å². The lowest BCUT2D eigenvalue weighted by atomic mass is 9.90. The largest absolute Gasteiger partial charge is 0.490 e. The molecule has 0 atom stereocenters. The van der Waals surface area contributed by atoms with Crippen molar-refractivity contribution in [1.82, 2.24) is 4.98 Å². The first-order valence-electron chi connectivity index (χ1n) is 10.3. The van der Waals surface area contributed by atoms with Gasteiger partial charge in [0, 0.05) is 23.5 Å². The van der Waals surface area contributed by atoms with Gasteiger partial charge in [0.25, 0.3) is 0 Å². The molecular weight excluding hydrogens is 390 g/mol. The predicted molar refractivity (Wildman–Crippen MR) is 127 cm³/mol. The smallest absolute Gasteiger partial charge is 0.219 e. The lowest BCUT2D eigenvalue weighted by Crippen LogP contribution is -2.06. The standard InChI is InChI=1S/C26H29NO2S/c1-17(2)13-22-15-20(24-16-27-12-11-25(24)29-18(3)4)9-10-23(22)19-7-6-8-21(14-19)26(28)30-5/h6-12,14-18H,13H2,1-5H3. The summed E-state index contributed by atoms with van der Waals surface area (Å²) in [5, 5.41) is 0.0877. The van der Waals surface area contributed by atoms with Crippen LogP contribution in [0.1, 0.15) is 43.6 Å². The number of hydrogen-bond acceptors (Lipinski definition) is 4. The van der Waals surface area contributed by atoms with Gasteiger partial charge < -0.3 is 4.74 Å². The second kappa shape index (κ2) is 9.94. The van der Waals surface area contributed by atoms with Gasteiger partial charge in [0.1, 0.15) is 5.75 Å². The minimum atomic E-state index is 0.0877. The van der Waals surface area contributed by atoms with E-state index in [2.05, 4.69) is 43.1 Å². The molecule has 0 amide bonds. The summed E-state index contributed by atoms with van der Waals surface area (Å²) < 4.78 is 6.01. The van der Waals surface area contributed by atoms with Crippen molar-refractivity contribution in [3.63, 3.8) is 0 Å². The number of nitrogens with zero attached hydrogens (tertiary/aromatic N) is 1. The molecule has 1 aromatic heterocycles. The van der Waals surface area contributed by atoms with E-state index in [0.29, 0.717) is 5.92 Å². The molecule has 0 bridgehead atoms. The fourth-order valence-corrected chi connectivity index (χ4v) is 3.90. The quantitative estimate of drug-likeness (QED) is 0.417. The third-order valence-corrected chi connectivity index (χ3v) is 5.39. The van der Waals surface area contributed by atoms with Crippen LogP contribution in [0.25, 0.3) is 22.3 Å². The van der Waals surface area contributed by atoms with Crippen molar-refractivity contribution in [3.05, 3.63) is 72.1 Å². The zero-order chi connectivity index (χ0) is 21.7. The molecule has 3 rings (SSSR count). The highest BCUT2D eigenvalue weighted by atomic mass is 32.2. The van der Waals surface area contributed by atoms with Crippen molar-refractivity contribution < 1.29 is 9.53 Å². The molecule has 3 nitrogen and oxygen atoms in total. The van der Waals surface area contributed by atoms with E-state index in [0.717, 1.165) is 34.4 Å². The van der Waals surface area contributed by atoms with Crippen LogP contribution in [-0.4, -0.2) is 22.5 Å². The Morgan fingerprint density at radius 3 is 2.47 bits per heavy atom. The topological polar surface area (TPSA) is 39.2 Å². The van der Waals surface area contributed by atoms with Crippen molar-refractivity contribution in [1.29, 1.82) is 0 Å². The monoisotopic (exact) mass is 419 g/mol. The van der Waals surface area contributed by atoms with Crippen LogP contribution >= 0.6 is 11.8 Å². The average Bonchev–Trinajstić information content (AvgIpc) is 2.73. The maximum absolute atomic E-state index is 12.2. The number of carbonyl (C=O) groups is 1. The number of rotatable bonds is 7. The minimum Gasteiger partial charge on any atom is -0.490 e. The molecule has 4 heteroatoms. The number of thioether (sulfide) groups is 1. The molecule has 0 aliphatic rings. The molecule has 156 valence electrons. The zero-order valence-corrected chi connectivity index (χ0v) is 19.1. The van der Waals surface area contributed by atoms with E-state index in [-0.39, 0.29) is 11.2 Å². The van der Waals surface area contributed by atoms with Crippen molar-refractivity contribution in [3.8, 4) is 28.0 Å². The van der Waals surface area contributed by atoms with Crippen molar-refractivity contribution in [2.75, 3.05) is 6.26 Å². The van der Waals surface area contributed by atoms with Gasteiger partial charge in [0.2, 0.25) is 5.12 Å². The van der Waals surface area contributed by atoms with E-state index in [4.69, 9.17) is 4.74 Å². The van der Waals surface area contributed by atoms with Gasteiger partial charge in [-0.3, -0.25) is 9.78 Å². The van der Waals surface area contributed by atoms with Gasteiger partial charge in [0.05, 0.1) is 6.10 Å². The maximum atomic E-state index is 12.2. The fourth-order valence-electron chi connectivity index (χ4n) is 3.54. The van der Waals surface area contributed by atoms with Crippen LogP contribution in [0.5, 0.6) is 5.75 Å². The molecule has 0 radical (unpaired) electrons. The Morgan fingerprint density at radius 1 is 1.00 bits per heavy atom. The number of pyridine rings is 1. The molecule has 0 spiro atoms. The van der Waals surface area contributed by atoms with Gasteiger partial charge >= 0.3 is 0 Å². The van der Waals surface area contributed by atoms with Gasteiger partial charge in [-0.2, -0.15) is 0 Å². The summed E-state index contributed by atoms with van der Waals surface area (Å²) in [4.78, 5) is 16.5. The lowest BCUT2D eigenvalue weighted by Gasteiger charge is -2.17. The first-order chi connectivity index (χ1) is 14.4. The van der Waals surface area contributed by atoms with Crippen LogP contribution in [0, 0.1) is 5.92 Å². The Hall–Kier alpha value is -2.59. The summed E-state index contributed by atoms with van der Waals surface area (Å²) in [5.41, 5.74) is 6.32. The summed E-state index contributed by atoms with van der Waals surface area (Å²) in [7, 11) is 0. The highest BCUT2D eigenvalue weighted by molar-refractivity contribution is 8.13. The van der Waals surface area contributed by atoms with Crippen LogP contribution in [-0.2, 0) is 6.42 Å². The number of ether oxygens (including phenoxy) is 1. The normalized spacial score (nSPS) is 11.2. The number of hydrogen-bond donors (Lipinski definition) is 0. The first kappa shape index (κ1) is 22.1. The third-order valence-electron chi connectivity index (χ3n) is 4.78. The zero-order valence-electron chi connectivity index (χ0n) is 18.3. The molecule has 1 heterocycles. The maximum Gasteiger partial charge on any atom is 0.219 e. The van der Waals surface area contributed by atoms with Crippen molar-refractivity contribution in [2.24, 2.45) is 5.92 Å². The summed E-state index contributed by atoms with van der Waals surface area (Å²) in [5.74, 6) is 1.35. The fraction of sp³-hybridized carbons (Fsp3) is 0.308. The Balaban J connectivity index is 2.09. The molecule has 2 aromatic carbocycles. The van der Waals surface area contributed by atoms with Gasteiger partial charge in [0.15, 0.2) is 0 Å². The van der Waals surface area contributed by atoms with Crippen LogP contribution in [0.2, 0.25) is 0 Å². The first-order valence-corrected chi connectivity index (χ1v) is 11.5. The second-order valence-corrected chi connectivity index (χ2v) is 8.86. The van der Waals surface area contributed by atoms with Crippen LogP contribution in [0.3, 0.4) is 0 Å². The molecule has 0 N–H and O–H groups in total. The molecule has 0 saturated carbocycles. The van der Waals surface area contributed by atoms with E-state index in [1.165, 1.54) is 22.9 Å². The molecule has 0 saturated heterocycles. The number of carbonyl (C=O) groups excluding carboxylic acids is 1. The van der Waals surface area contributed by atoms with Crippen LogP contribution in [0.15, 0.2) is 60.9 Å². The highest BCUT2D eigenvalue weighted by Crippen LogP contribution is 2.35. The molecule has 0 aliphatic carbocycles.